The van der Waals surface area contributed by atoms with Gasteiger partial charge in [0.2, 0.25) is 0 Å². The highest BCUT2D eigenvalue weighted by molar-refractivity contribution is 6.31. The number of amides is 1. The highest BCUT2D eigenvalue weighted by atomic mass is 35.5. The minimum absolute atomic E-state index is 0.00203. The maximum absolute atomic E-state index is 12.3. The summed E-state index contributed by atoms with van der Waals surface area (Å²) in [6.07, 6.45) is 1.88. The Balaban J connectivity index is 2.18. The van der Waals surface area contributed by atoms with Crippen LogP contribution in [0.15, 0.2) is 18.2 Å². The van der Waals surface area contributed by atoms with Gasteiger partial charge < -0.3 is 9.64 Å². The fraction of sp³-hybridized carbons (Fsp3) is 0.462. The lowest BCUT2D eigenvalue weighted by Gasteiger charge is -2.20. The molecule has 1 aliphatic heterocycles. The number of halogens is 1. The molecule has 1 aliphatic rings. The number of rotatable bonds is 4. The molecule has 1 saturated heterocycles. The molecule has 7 heteroatoms. The fourth-order valence-electron chi connectivity index (χ4n) is 2.22. The lowest BCUT2D eigenvalue weighted by Crippen LogP contribution is -2.34. The molecule has 6 nitrogen and oxygen atoms in total. The number of ether oxygens (including phenoxy) is 1. The molecule has 1 atom stereocenters. The quantitative estimate of drug-likeness (QED) is 0.632. The van der Waals surface area contributed by atoms with Gasteiger partial charge >= 0.3 is 0 Å². The van der Waals surface area contributed by atoms with Gasteiger partial charge in [-0.3, -0.25) is 14.9 Å². The molecule has 0 spiro atoms. The Kier molecular flexibility index (Phi) is 4.57. The van der Waals surface area contributed by atoms with E-state index in [2.05, 4.69) is 0 Å². The predicted octanol–water partition coefficient (Wildman–Crippen LogP) is 2.50. The predicted molar refractivity (Wildman–Crippen MR) is 74.0 cm³/mol. The molecule has 108 valence electrons. The van der Waals surface area contributed by atoms with Crippen LogP contribution in [-0.4, -0.2) is 42.0 Å². The van der Waals surface area contributed by atoms with Crippen LogP contribution in [0.5, 0.6) is 0 Å². The second-order valence-corrected chi connectivity index (χ2v) is 5.18. The van der Waals surface area contributed by atoms with Crippen LogP contribution in [-0.2, 0) is 4.74 Å². The number of hydrogen-bond acceptors (Lipinski definition) is 4. The molecule has 20 heavy (non-hydrogen) atoms. The van der Waals surface area contributed by atoms with E-state index in [4.69, 9.17) is 16.3 Å². The van der Waals surface area contributed by atoms with Crippen molar-refractivity contribution in [1.82, 2.24) is 4.90 Å². The number of nitrogens with zero attached hydrogens (tertiary/aromatic N) is 2. The van der Waals surface area contributed by atoms with Crippen molar-refractivity contribution < 1.29 is 14.5 Å². The van der Waals surface area contributed by atoms with E-state index >= 15 is 0 Å². The summed E-state index contributed by atoms with van der Waals surface area (Å²) < 4.78 is 5.46. The zero-order valence-electron chi connectivity index (χ0n) is 11.0. The van der Waals surface area contributed by atoms with Crippen LogP contribution in [0.4, 0.5) is 5.69 Å². The van der Waals surface area contributed by atoms with Crippen LogP contribution in [0.2, 0.25) is 5.02 Å². The molecule has 0 N–H and O–H groups in total. The summed E-state index contributed by atoms with van der Waals surface area (Å²) >= 11 is 5.82. The van der Waals surface area contributed by atoms with Crippen molar-refractivity contribution in [1.29, 1.82) is 0 Å². The summed E-state index contributed by atoms with van der Waals surface area (Å²) in [5.41, 5.74) is -0.235. The van der Waals surface area contributed by atoms with Crippen molar-refractivity contribution in [3.8, 4) is 0 Å². The third kappa shape index (κ3) is 3.26. The molecule has 0 bridgehead atoms. The van der Waals surface area contributed by atoms with Crippen LogP contribution < -0.4 is 0 Å². The highest BCUT2D eigenvalue weighted by Gasteiger charge is 2.26. The smallest absolute Gasteiger partial charge is 0.282 e. The molecule has 1 aromatic rings. The van der Waals surface area contributed by atoms with Gasteiger partial charge in [0, 0.05) is 31.3 Å². The summed E-state index contributed by atoms with van der Waals surface area (Å²) in [7, 11) is 1.61. The van der Waals surface area contributed by atoms with Gasteiger partial charge in [-0.25, -0.2) is 0 Å². The van der Waals surface area contributed by atoms with Gasteiger partial charge in [0.1, 0.15) is 5.56 Å². The van der Waals surface area contributed by atoms with Gasteiger partial charge in [-0.1, -0.05) is 11.6 Å². The topological polar surface area (TPSA) is 72.7 Å². The van der Waals surface area contributed by atoms with Crippen LogP contribution in [0, 0.1) is 10.1 Å². The van der Waals surface area contributed by atoms with Crippen LogP contribution in [0.25, 0.3) is 0 Å². The molecule has 0 aliphatic carbocycles. The molecule has 0 radical (unpaired) electrons. The summed E-state index contributed by atoms with van der Waals surface area (Å²) in [6.45, 7) is 1.12. The second kappa shape index (κ2) is 6.19. The Hall–Kier alpha value is -1.66. The number of carbonyl (C=O) groups is 1. The molecule has 2 rings (SSSR count). The molecule has 0 aromatic heterocycles. The minimum Gasteiger partial charge on any atom is -0.376 e. The molecule has 1 amide bonds. The Bertz CT molecular complexity index is 529. The Morgan fingerprint density at radius 1 is 1.60 bits per heavy atom. The van der Waals surface area contributed by atoms with Gasteiger partial charge in [-0.05, 0) is 25.0 Å². The number of hydrogen-bond donors (Lipinski definition) is 0. The van der Waals surface area contributed by atoms with E-state index in [9.17, 15) is 14.9 Å². The molecular formula is C13H15ClN2O4. The van der Waals surface area contributed by atoms with E-state index in [-0.39, 0.29) is 17.4 Å². The first kappa shape index (κ1) is 14.7. The van der Waals surface area contributed by atoms with Crippen molar-refractivity contribution in [3.63, 3.8) is 0 Å². The number of benzene rings is 1. The van der Waals surface area contributed by atoms with Gasteiger partial charge in [0.05, 0.1) is 11.0 Å². The zero-order valence-corrected chi connectivity index (χ0v) is 11.8. The van der Waals surface area contributed by atoms with E-state index < -0.39 is 10.8 Å². The van der Waals surface area contributed by atoms with E-state index in [1.54, 1.807) is 7.05 Å². The van der Waals surface area contributed by atoms with Crippen molar-refractivity contribution in [3.05, 3.63) is 38.9 Å². The molecule has 0 saturated carbocycles. The molecule has 1 unspecified atom stereocenters. The zero-order chi connectivity index (χ0) is 14.7. The average Bonchev–Trinajstić information content (AvgIpc) is 2.90. The Labute approximate surface area is 121 Å². The number of nitro benzene ring substituents is 1. The molecule has 1 fully saturated rings. The third-order valence-electron chi connectivity index (χ3n) is 3.23. The van der Waals surface area contributed by atoms with Gasteiger partial charge in [0.25, 0.3) is 11.6 Å². The maximum atomic E-state index is 12.3. The van der Waals surface area contributed by atoms with E-state index in [1.807, 2.05) is 0 Å². The molecule has 1 aromatic carbocycles. The summed E-state index contributed by atoms with van der Waals surface area (Å²) in [4.78, 5) is 24.1. The third-order valence-corrected chi connectivity index (χ3v) is 3.47. The fourth-order valence-corrected chi connectivity index (χ4v) is 2.39. The summed E-state index contributed by atoms with van der Waals surface area (Å²) in [5.74, 6) is -0.422. The van der Waals surface area contributed by atoms with Crippen molar-refractivity contribution in [2.75, 3.05) is 20.2 Å². The second-order valence-electron chi connectivity index (χ2n) is 4.74. The standard InChI is InChI=1S/C13H15ClN2O4/c1-15(8-10-3-2-6-20-10)13(17)11-7-9(14)4-5-12(11)16(18)19/h4-5,7,10H,2-3,6,8H2,1H3. The monoisotopic (exact) mass is 298 g/mol. The largest absolute Gasteiger partial charge is 0.376 e. The van der Waals surface area contributed by atoms with Gasteiger partial charge in [0.15, 0.2) is 0 Å². The van der Waals surface area contributed by atoms with Crippen LogP contribution in [0.1, 0.15) is 23.2 Å². The van der Waals surface area contributed by atoms with E-state index in [0.717, 1.165) is 12.8 Å². The lowest BCUT2D eigenvalue weighted by atomic mass is 10.1. The maximum Gasteiger partial charge on any atom is 0.282 e. The van der Waals surface area contributed by atoms with E-state index in [1.165, 1.54) is 23.1 Å². The number of likely N-dealkylation sites (N-methyl/N-ethyl adjacent to an activating group) is 1. The average molecular weight is 299 g/mol. The van der Waals surface area contributed by atoms with Gasteiger partial charge in [-0.2, -0.15) is 0 Å². The molecule has 1 heterocycles. The Morgan fingerprint density at radius 2 is 2.35 bits per heavy atom. The Morgan fingerprint density at radius 3 is 2.95 bits per heavy atom. The lowest BCUT2D eigenvalue weighted by molar-refractivity contribution is -0.385. The highest BCUT2D eigenvalue weighted by Crippen LogP contribution is 2.24. The van der Waals surface area contributed by atoms with Crippen LogP contribution in [0.3, 0.4) is 0 Å². The minimum atomic E-state index is -0.580. The SMILES string of the molecule is CN(CC1CCCO1)C(=O)c1cc(Cl)ccc1[N+](=O)[O-]. The van der Waals surface area contributed by atoms with Gasteiger partial charge in [-0.15, -0.1) is 0 Å². The summed E-state index contributed by atoms with van der Waals surface area (Å²) in [6, 6.07) is 3.97. The van der Waals surface area contributed by atoms with Crippen LogP contribution >= 0.6 is 11.6 Å². The first-order chi connectivity index (χ1) is 9.49. The van der Waals surface area contributed by atoms with Crippen molar-refractivity contribution in [2.24, 2.45) is 0 Å². The first-order valence-electron chi connectivity index (χ1n) is 6.30. The van der Waals surface area contributed by atoms with E-state index in [0.29, 0.717) is 18.2 Å². The van der Waals surface area contributed by atoms with Crippen molar-refractivity contribution in [2.45, 2.75) is 18.9 Å². The molecular weight excluding hydrogens is 284 g/mol. The first-order valence-corrected chi connectivity index (χ1v) is 6.68. The summed E-state index contributed by atoms with van der Waals surface area (Å²) in [5, 5.41) is 11.3. The number of nitro groups is 1. The normalized spacial score (nSPS) is 18.0. The number of carbonyl (C=O) groups excluding carboxylic acids is 1. The van der Waals surface area contributed by atoms with Crippen molar-refractivity contribution >= 4 is 23.2 Å².